The van der Waals surface area contributed by atoms with Crippen molar-refractivity contribution in [3.63, 3.8) is 0 Å². The van der Waals surface area contributed by atoms with E-state index in [-0.39, 0.29) is 0 Å². The Balaban J connectivity index is 2.00. The molecule has 1 heteroatoms. The zero-order valence-electron chi connectivity index (χ0n) is 16.7. The van der Waals surface area contributed by atoms with Crippen LogP contribution in [0, 0.1) is 11.5 Å². The topological polar surface area (TPSA) is 0 Å². The van der Waals surface area contributed by atoms with E-state index in [0.717, 1.165) is 0 Å². The van der Waals surface area contributed by atoms with E-state index in [0.29, 0.717) is 5.92 Å². The first-order valence-electron chi connectivity index (χ1n) is 10.2. The summed E-state index contributed by atoms with van der Waals surface area (Å²) in [5, 5.41) is 4.32. The molecule has 0 saturated heterocycles. The normalized spacial score (nSPS) is 15.4. The lowest BCUT2D eigenvalue weighted by atomic mass is 10.0. The molecule has 0 saturated carbocycles. The predicted molar refractivity (Wildman–Crippen MR) is 124 cm³/mol. The molecule has 1 aliphatic carbocycles. The summed E-state index contributed by atoms with van der Waals surface area (Å²) in [6.07, 6.45) is 8.38. The van der Waals surface area contributed by atoms with E-state index < -0.39 is 8.07 Å². The van der Waals surface area contributed by atoms with Crippen LogP contribution in [0.15, 0.2) is 115 Å². The smallest absolute Gasteiger partial charge is 0.0750 e. The first-order chi connectivity index (χ1) is 13.8. The van der Waals surface area contributed by atoms with Gasteiger partial charge in [0.05, 0.1) is 0 Å². The molecule has 139 valence electrons. The molecule has 1 unspecified atom stereocenters. The average Bonchev–Trinajstić information content (AvgIpc) is 3.26. The lowest BCUT2D eigenvalue weighted by Crippen LogP contribution is -2.70. The van der Waals surface area contributed by atoms with Crippen LogP contribution >= 0.6 is 0 Å². The summed E-state index contributed by atoms with van der Waals surface area (Å²) in [6, 6.07) is 33.4. The molecule has 1 radical (unpaired) electrons. The Morgan fingerprint density at radius 3 is 1.46 bits per heavy atom. The van der Waals surface area contributed by atoms with Gasteiger partial charge >= 0.3 is 0 Å². The van der Waals surface area contributed by atoms with Gasteiger partial charge in [-0.05, 0) is 33.5 Å². The Bertz CT molecular complexity index is 858. The third kappa shape index (κ3) is 3.20. The molecule has 0 amide bonds. The summed E-state index contributed by atoms with van der Waals surface area (Å²) >= 11 is 0. The second kappa shape index (κ2) is 8.16. The average molecular weight is 380 g/mol. The Kier molecular flexibility index (Phi) is 5.45. The molecule has 0 bridgehead atoms. The van der Waals surface area contributed by atoms with Gasteiger partial charge in [-0.3, -0.25) is 0 Å². The van der Waals surface area contributed by atoms with Crippen LogP contribution in [0.3, 0.4) is 0 Å². The maximum atomic E-state index is 2.48. The van der Waals surface area contributed by atoms with E-state index in [2.05, 4.69) is 123 Å². The largest absolute Gasteiger partial charge is 0.162 e. The number of hydrogen-bond donors (Lipinski definition) is 0. The third-order valence-electron chi connectivity index (χ3n) is 6.01. The summed E-state index contributed by atoms with van der Waals surface area (Å²) in [6.45, 7) is 4.60. The number of rotatable bonds is 6. The molecule has 0 aliphatic heterocycles. The van der Waals surface area contributed by atoms with Crippen molar-refractivity contribution in [1.29, 1.82) is 0 Å². The molecule has 3 aromatic rings. The van der Waals surface area contributed by atoms with Crippen molar-refractivity contribution in [2.75, 3.05) is 0 Å². The van der Waals surface area contributed by atoms with Crippen molar-refractivity contribution in [1.82, 2.24) is 0 Å². The highest BCUT2D eigenvalue weighted by Crippen LogP contribution is 2.32. The van der Waals surface area contributed by atoms with Crippen molar-refractivity contribution in [2.24, 2.45) is 5.92 Å². The van der Waals surface area contributed by atoms with Gasteiger partial charge in [0.25, 0.3) is 0 Å². The monoisotopic (exact) mass is 379 g/mol. The fourth-order valence-electron chi connectivity index (χ4n) is 4.30. The maximum absolute atomic E-state index is 2.48. The van der Waals surface area contributed by atoms with Gasteiger partial charge in [-0.1, -0.05) is 123 Å². The second-order valence-electron chi connectivity index (χ2n) is 7.59. The first kappa shape index (κ1) is 18.7. The van der Waals surface area contributed by atoms with Crippen LogP contribution in [-0.2, 0) is 0 Å². The van der Waals surface area contributed by atoms with Crippen molar-refractivity contribution < 1.29 is 0 Å². The Hall–Kier alpha value is -2.64. The molecule has 0 nitrogen and oxygen atoms in total. The summed E-state index contributed by atoms with van der Waals surface area (Å²) < 4.78 is 0. The summed E-state index contributed by atoms with van der Waals surface area (Å²) in [5.41, 5.74) is 2.93. The summed E-state index contributed by atoms with van der Waals surface area (Å²) in [5.74, 6) is 0.586. The molecule has 0 fully saturated rings. The second-order valence-corrected chi connectivity index (χ2v) is 11.4. The van der Waals surface area contributed by atoms with Crippen LogP contribution in [0.5, 0.6) is 0 Å². The number of allylic oxidation sites excluding steroid dienone is 4. The fraction of sp³-hybridized carbons (Fsp3) is 0.148. The van der Waals surface area contributed by atoms with E-state index in [4.69, 9.17) is 0 Å². The Morgan fingerprint density at radius 1 is 0.643 bits per heavy atom. The molecular weight excluding hydrogens is 352 g/mol. The predicted octanol–water partition coefficient (Wildman–Crippen LogP) is 4.81. The van der Waals surface area contributed by atoms with Crippen molar-refractivity contribution in [2.45, 2.75) is 20.3 Å². The fourth-order valence-corrected chi connectivity index (χ4v) is 9.10. The molecule has 0 heterocycles. The van der Waals surface area contributed by atoms with Crippen LogP contribution in [-0.4, -0.2) is 8.07 Å². The molecule has 3 aromatic carbocycles. The number of hydrogen-bond acceptors (Lipinski definition) is 0. The van der Waals surface area contributed by atoms with Gasteiger partial charge in [-0.25, -0.2) is 0 Å². The Labute approximate surface area is 170 Å². The minimum absolute atomic E-state index is 0.586. The third-order valence-corrected chi connectivity index (χ3v) is 10.8. The molecule has 0 N–H and O–H groups in total. The molecule has 4 rings (SSSR count). The zero-order valence-corrected chi connectivity index (χ0v) is 17.7. The molecule has 1 aliphatic rings. The number of benzene rings is 3. The van der Waals surface area contributed by atoms with Gasteiger partial charge < -0.3 is 0 Å². The lowest BCUT2D eigenvalue weighted by molar-refractivity contribution is 0.672. The van der Waals surface area contributed by atoms with Crippen LogP contribution in [0.4, 0.5) is 0 Å². The molecular formula is C27H27Si. The highest BCUT2D eigenvalue weighted by molar-refractivity contribution is 7.15. The first-order valence-corrected chi connectivity index (χ1v) is 12.2. The minimum atomic E-state index is -2.34. The van der Waals surface area contributed by atoms with Crippen LogP contribution in [0.2, 0.25) is 0 Å². The van der Waals surface area contributed by atoms with E-state index in [1.165, 1.54) is 33.1 Å². The lowest BCUT2D eigenvalue weighted by Gasteiger charge is -2.37. The van der Waals surface area contributed by atoms with Crippen LogP contribution < -0.4 is 15.6 Å². The quantitative estimate of drug-likeness (QED) is 0.426. The van der Waals surface area contributed by atoms with Gasteiger partial charge in [0, 0.05) is 5.54 Å². The van der Waals surface area contributed by atoms with Crippen molar-refractivity contribution >= 4 is 23.6 Å². The van der Waals surface area contributed by atoms with Gasteiger partial charge in [0.2, 0.25) is 0 Å². The van der Waals surface area contributed by atoms with Crippen LogP contribution in [0.25, 0.3) is 0 Å². The van der Waals surface area contributed by atoms with Crippen molar-refractivity contribution in [3.05, 3.63) is 120 Å². The van der Waals surface area contributed by atoms with Gasteiger partial charge in [0.1, 0.15) is 0 Å². The van der Waals surface area contributed by atoms with Gasteiger partial charge in [-0.15, -0.1) is 0 Å². The van der Waals surface area contributed by atoms with E-state index in [9.17, 15) is 0 Å². The zero-order chi connectivity index (χ0) is 19.4. The Morgan fingerprint density at radius 2 is 1.07 bits per heavy atom. The molecule has 1 atom stereocenters. The molecule has 28 heavy (non-hydrogen) atoms. The van der Waals surface area contributed by atoms with Gasteiger partial charge in [0.15, 0.2) is 8.07 Å². The van der Waals surface area contributed by atoms with E-state index >= 15 is 0 Å². The van der Waals surface area contributed by atoms with E-state index in [1.807, 2.05) is 0 Å². The summed E-state index contributed by atoms with van der Waals surface area (Å²) in [7, 11) is -2.34. The minimum Gasteiger partial charge on any atom is -0.0750 e. The van der Waals surface area contributed by atoms with Crippen LogP contribution in [0.1, 0.15) is 20.3 Å². The van der Waals surface area contributed by atoms with Gasteiger partial charge in [-0.2, -0.15) is 0 Å². The summed E-state index contributed by atoms with van der Waals surface area (Å²) in [4.78, 5) is 0. The molecule has 0 aromatic heterocycles. The van der Waals surface area contributed by atoms with E-state index in [1.54, 1.807) is 0 Å². The highest BCUT2D eigenvalue weighted by atomic mass is 28.3. The maximum Gasteiger partial charge on any atom is 0.162 e. The van der Waals surface area contributed by atoms with Crippen molar-refractivity contribution in [3.8, 4) is 0 Å². The molecule has 0 spiro atoms. The highest BCUT2D eigenvalue weighted by Gasteiger charge is 2.46. The SMILES string of the molecule is CCC(C)C1=C[C]([Si](c2ccccc2)(c2ccccc2)c2ccccc2)C=C1. The standard InChI is InChI=1S/C27H27Si/c1-3-22(2)23-19-20-27(21-23)28(24-13-7-4-8-14-24,25-15-9-5-10-16-25)26-17-11-6-12-18-26/h4-22H,3H2,1-2H3.